The van der Waals surface area contributed by atoms with Gasteiger partial charge in [-0.15, -0.1) is 15.3 Å². The number of aryl methyl sites for hydroxylation is 1. The first-order valence-corrected chi connectivity index (χ1v) is 10.5. The minimum absolute atomic E-state index is 0.128. The lowest BCUT2D eigenvalue weighted by molar-refractivity contribution is -0.116. The molecule has 0 unspecified atom stereocenters. The number of benzene rings is 2. The number of hydrogen-bond acceptors (Lipinski definition) is 8. The Bertz CT molecular complexity index is 1310. The van der Waals surface area contributed by atoms with Crippen LogP contribution in [0.25, 0.3) is 5.65 Å². The number of aromatic nitrogens is 4. The number of carbonyl (C=O) groups is 1. The van der Waals surface area contributed by atoms with Crippen LogP contribution in [-0.4, -0.2) is 39.6 Å². The number of fused-ring (bicyclic) bond motifs is 2. The highest BCUT2D eigenvalue weighted by Crippen LogP contribution is 2.32. The quantitative estimate of drug-likeness (QED) is 0.425. The normalized spacial score (nSPS) is 12.0. The van der Waals surface area contributed by atoms with Crippen molar-refractivity contribution in [2.24, 2.45) is 0 Å². The van der Waals surface area contributed by atoms with Crippen molar-refractivity contribution in [1.82, 2.24) is 19.8 Å². The van der Waals surface area contributed by atoms with Crippen molar-refractivity contribution in [2.45, 2.75) is 19.4 Å². The molecule has 10 nitrogen and oxygen atoms in total. The Hall–Kier alpha value is -4.34. The van der Waals surface area contributed by atoms with Crippen LogP contribution in [-0.2, 0) is 17.8 Å². The van der Waals surface area contributed by atoms with Crippen molar-refractivity contribution in [3.8, 4) is 17.2 Å². The molecule has 168 valence electrons. The Morgan fingerprint density at radius 2 is 2.00 bits per heavy atom. The molecule has 0 radical (unpaired) electrons. The van der Waals surface area contributed by atoms with E-state index in [9.17, 15) is 4.79 Å². The van der Waals surface area contributed by atoms with E-state index in [1.165, 1.54) is 0 Å². The third kappa shape index (κ3) is 4.64. The number of amides is 1. The molecule has 1 aliphatic heterocycles. The van der Waals surface area contributed by atoms with E-state index in [4.69, 9.17) is 14.2 Å². The molecule has 3 heterocycles. The van der Waals surface area contributed by atoms with Crippen molar-refractivity contribution in [3.05, 3.63) is 66.0 Å². The maximum absolute atomic E-state index is 12.4. The Kier molecular flexibility index (Phi) is 5.62. The number of nitrogens with one attached hydrogen (secondary N) is 2. The summed E-state index contributed by atoms with van der Waals surface area (Å²) in [5.41, 5.74) is 2.34. The Balaban J connectivity index is 1.22. The van der Waals surface area contributed by atoms with Crippen molar-refractivity contribution >= 4 is 23.1 Å². The molecule has 5 rings (SSSR count). The molecule has 0 saturated carbocycles. The fraction of sp³-hybridized carbons (Fsp3) is 0.217. The molecule has 0 aliphatic carbocycles. The van der Waals surface area contributed by atoms with Crippen molar-refractivity contribution in [1.29, 1.82) is 0 Å². The first kappa shape index (κ1) is 20.6. The Labute approximate surface area is 189 Å². The van der Waals surface area contributed by atoms with E-state index in [1.54, 1.807) is 17.7 Å². The molecular formula is C23H22N6O4. The van der Waals surface area contributed by atoms with E-state index in [-0.39, 0.29) is 19.1 Å². The maximum atomic E-state index is 12.4. The first-order valence-electron chi connectivity index (χ1n) is 10.5. The fourth-order valence-electron chi connectivity index (χ4n) is 3.48. The van der Waals surface area contributed by atoms with Crippen molar-refractivity contribution in [2.75, 3.05) is 24.5 Å². The zero-order valence-electron chi connectivity index (χ0n) is 17.9. The second kappa shape index (κ2) is 9.03. The first-order chi connectivity index (χ1) is 16.2. The lowest BCUT2D eigenvalue weighted by atomic mass is 10.2. The molecule has 1 aliphatic rings. The number of anilines is 2. The van der Waals surface area contributed by atoms with E-state index in [1.807, 2.05) is 48.5 Å². The van der Waals surface area contributed by atoms with Gasteiger partial charge in [0.25, 0.3) is 0 Å². The summed E-state index contributed by atoms with van der Waals surface area (Å²) >= 11 is 0. The molecule has 0 bridgehead atoms. The summed E-state index contributed by atoms with van der Waals surface area (Å²) < 4.78 is 17.6. The minimum Gasteiger partial charge on any atom is -0.497 e. The van der Waals surface area contributed by atoms with Gasteiger partial charge in [-0.1, -0.05) is 12.1 Å². The predicted octanol–water partition coefficient (Wildman–Crippen LogP) is 3.05. The largest absolute Gasteiger partial charge is 0.497 e. The van der Waals surface area contributed by atoms with Gasteiger partial charge in [-0.2, -0.15) is 4.52 Å². The van der Waals surface area contributed by atoms with Crippen LogP contribution in [0.2, 0.25) is 0 Å². The molecule has 0 fully saturated rings. The average Bonchev–Trinajstić information content (AvgIpc) is 3.47. The number of nitrogens with zero attached hydrogens (tertiary/aromatic N) is 4. The van der Waals surface area contributed by atoms with Crippen LogP contribution in [0.1, 0.15) is 17.8 Å². The standard InChI is InChI=1S/C23H22N6O4/c1-31-17-4-2-3-16(12-17)25-23(30)10-9-22-27-26-21-8-7-20(28-29(21)22)24-13-15-5-6-18-19(11-15)33-14-32-18/h2-8,11-12H,9-10,13-14H2,1H3,(H,24,28)(H,25,30). The fourth-order valence-corrected chi connectivity index (χ4v) is 3.48. The summed E-state index contributed by atoms with van der Waals surface area (Å²) in [5, 5.41) is 19.1. The van der Waals surface area contributed by atoms with Crippen LogP contribution in [0.5, 0.6) is 17.2 Å². The third-order valence-electron chi connectivity index (χ3n) is 5.17. The van der Waals surface area contributed by atoms with Gasteiger partial charge in [0.15, 0.2) is 23.0 Å². The SMILES string of the molecule is COc1cccc(NC(=O)CCc2nnc3ccc(NCc4ccc5c(c4)OCO5)nn23)c1. The summed E-state index contributed by atoms with van der Waals surface area (Å²) in [5.74, 6) is 3.33. The van der Waals surface area contributed by atoms with E-state index in [2.05, 4.69) is 25.9 Å². The zero-order valence-corrected chi connectivity index (χ0v) is 17.9. The number of ether oxygens (including phenoxy) is 3. The molecule has 10 heteroatoms. The molecule has 4 aromatic rings. The highest BCUT2D eigenvalue weighted by atomic mass is 16.7. The third-order valence-corrected chi connectivity index (χ3v) is 5.17. The van der Waals surface area contributed by atoms with E-state index >= 15 is 0 Å². The highest BCUT2D eigenvalue weighted by molar-refractivity contribution is 5.91. The lowest BCUT2D eigenvalue weighted by Crippen LogP contribution is -2.13. The second-order valence-corrected chi connectivity index (χ2v) is 7.43. The van der Waals surface area contributed by atoms with Gasteiger partial charge in [0, 0.05) is 31.1 Å². The average molecular weight is 446 g/mol. The minimum atomic E-state index is -0.128. The Morgan fingerprint density at radius 1 is 1.09 bits per heavy atom. The lowest BCUT2D eigenvalue weighted by Gasteiger charge is -2.08. The summed E-state index contributed by atoms with van der Waals surface area (Å²) in [4.78, 5) is 12.4. The van der Waals surface area contributed by atoms with E-state index in [0.29, 0.717) is 41.7 Å². The van der Waals surface area contributed by atoms with Gasteiger partial charge in [-0.25, -0.2) is 0 Å². The van der Waals surface area contributed by atoms with Crippen LogP contribution in [0.3, 0.4) is 0 Å². The molecule has 2 aromatic carbocycles. The smallest absolute Gasteiger partial charge is 0.231 e. The van der Waals surface area contributed by atoms with Crippen LogP contribution in [0, 0.1) is 0 Å². The summed E-state index contributed by atoms with van der Waals surface area (Å²) in [7, 11) is 1.59. The zero-order chi connectivity index (χ0) is 22.6. The molecule has 0 spiro atoms. The second-order valence-electron chi connectivity index (χ2n) is 7.43. The van der Waals surface area contributed by atoms with Crippen LogP contribution < -0.4 is 24.8 Å². The molecule has 2 N–H and O–H groups in total. The van der Waals surface area contributed by atoms with E-state index in [0.717, 1.165) is 17.1 Å². The Morgan fingerprint density at radius 3 is 2.91 bits per heavy atom. The number of rotatable bonds is 8. The van der Waals surface area contributed by atoms with Crippen LogP contribution in [0.15, 0.2) is 54.6 Å². The van der Waals surface area contributed by atoms with Crippen LogP contribution >= 0.6 is 0 Å². The summed E-state index contributed by atoms with van der Waals surface area (Å²) in [6.07, 6.45) is 0.643. The number of hydrogen-bond donors (Lipinski definition) is 2. The molecule has 1 amide bonds. The number of methoxy groups -OCH3 is 1. The van der Waals surface area contributed by atoms with Gasteiger partial charge in [-0.3, -0.25) is 4.79 Å². The molecule has 2 aromatic heterocycles. The number of carbonyl (C=O) groups excluding carboxylic acids is 1. The molecule has 33 heavy (non-hydrogen) atoms. The van der Waals surface area contributed by atoms with Crippen molar-refractivity contribution in [3.63, 3.8) is 0 Å². The highest BCUT2D eigenvalue weighted by Gasteiger charge is 2.14. The maximum Gasteiger partial charge on any atom is 0.231 e. The predicted molar refractivity (Wildman–Crippen MR) is 121 cm³/mol. The molecule has 0 saturated heterocycles. The summed E-state index contributed by atoms with van der Waals surface area (Å²) in [6, 6.07) is 16.7. The van der Waals surface area contributed by atoms with Gasteiger partial charge in [-0.05, 0) is 42.0 Å². The van der Waals surface area contributed by atoms with Gasteiger partial charge in [0.2, 0.25) is 12.7 Å². The van der Waals surface area contributed by atoms with Crippen molar-refractivity contribution < 1.29 is 19.0 Å². The molecular weight excluding hydrogens is 424 g/mol. The van der Waals surface area contributed by atoms with E-state index < -0.39 is 0 Å². The van der Waals surface area contributed by atoms with Gasteiger partial charge >= 0.3 is 0 Å². The van der Waals surface area contributed by atoms with Crippen LogP contribution in [0.4, 0.5) is 11.5 Å². The van der Waals surface area contributed by atoms with Gasteiger partial charge < -0.3 is 24.8 Å². The molecule has 0 atom stereocenters. The topological polar surface area (TPSA) is 112 Å². The monoisotopic (exact) mass is 446 g/mol. The van der Waals surface area contributed by atoms with Gasteiger partial charge in [0.1, 0.15) is 11.6 Å². The summed E-state index contributed by atoms with van der Waals surface area (Å²) in [6.45, 7) is 0.813. The van der Waals surface area contributed by atoms with Gasteiger partial charge in [0.05, 0.1) is 7.11 Å².